The molecule has 2 heterocycles. The number of benzene rings is 2. The van der Waals surface area contributed by atoms with Crippen molar-refractivity contribution in [1.82, 2.24) is 4.98 Å². The Bertz CT molecular complexity index is 1510. The first-order valence-electron chi connectivity index (χ1n) is 9.90. The first-order chi connectivity index (χ1) is 16.9. The first kappa shape index (κ1) is 25.9. The van der Waals surface area contributed by atoms with Gasteiger partial charge in [-0.15, -0.1) is 0 Å². The zero-order valence-corrected chi connectivity index (χ0v) is 20.3. The van der Waals surface area contributed by atoms with Crippen LogP contribution >= 0.6 is 23.2 Å². The Morgan fingerprint density at radius 3 is 2.53 bits per heavy atom. The number of methoxy groups -OCH3 is 1. The lowest BCUT2D eigenvalue weighted by Gasteiger charge is -2.18. The van der Waals surface area contributed by atoms with Crippen LogP contribution in [0.1, 0.15) is 22.7 Å². The normalized spacial score (nSPS) is 15.6. The van der Waals surface area contributed by atoms with Crippen LogP contribution in [0.4, 0.5) is 23.2 Å². The highest BCUT2D eigenvalue weighted by molar-refractivity contribution is 7.92. The Balaban J connectivity index is 1.76. The number of rotatable bonds is 6. The van der Waals surface area contributed by atoms with Gasteiger partial charge in [0.05, 0.1) is 39.2 Å². The second-order valence-electron chi connectivity index (χ2n) is 7.41. The van der Waals surface area contributed by atoms with Gasteiger partial charge in [0.2, 0.25) is 0 Å². The Morgan fingerprint density at radius 1 is 1.08 bits per heavy atom. The number of nitrogens with zero attached hydrogens (tertiary/aromatic N) is 3. The molecule has 0 bridgehead atoms. The number of sulfonamides is 1. The third-order valence-electron chi connectivity index (χ3n) is 5.10. The fraction of sp³-hybridized carbons (Fsp3) is 0.136. The van der Waals surface area contributed by atoms with E-state index in [0.29, 0.717) is 17.4 Å². The highest BCUT2D eigenvalue weighted by Gasteiger charge is 2.35. The van der Waals surface area contributed by atoms with E-state index in [1.807, 2.05) is 0 Å². The maximum atomic E-state index is 14.0. The Labute approximate surface area is 212 Å². The summed E-state index contributed by atoms with van der Waals surface area (Å²) in [6, 6.07) is 7.20. The standard InChI is InChI=1S/C22H14Cl2F4N4O3S/c1-35-19-5-2-12(25)7-14(19)15-10-30-31-20(15)21-18(6-11(23)9-29-21)32-36(33,34)13-3-4-17(24)16(8-13)22(26,27)28/h2-10,15,32H,1H3. The van der Waals surface area contributed by atoms with Gasteiger partial charge >= 0.3 is 6.18 Å². The maximum absolute atomic E-state index is 14.0. The van der Waals surface area contributed by atoms with Crippen LogP contribution in [-0.2, 0) is 16.2 Å². The van der Waals surface area contributed by atoms with Crippen LogP contribution in [0.3, 0.4) is 0 Å². The third kappa shape index (κ3) is 5.15. The summed E-state index contributed by atoms with van der Waals surface area (Å²) in [5.74, 6) is -1.02. The number of nitrogens with one attached hydrogen (secondary N) is 1. The first-order valence-corrected chi connectivity index (χ1v) is 12.1. The van der Waals surface area contributed by atoms with Crippen molar-refractivity contribution < 1.29 is 30.7 Å². The fourth-order valence-electron chi connectivity index (χ4n) is 3.48. The van der Waals surface area contributed by atoms with Crippen molar-refractivity contribution in [2.45, 2.75) is 17.0 Å². The van der Waals surface area contributed by atoms with E-state index in [1.165, 1.54) is 43.8 Å². The number of anilines is 1. The van der Waals surface area contributed by atoms with E-state index in [-0.39, 0.29) is 22.1 Å². The molecule has 36 heavy (non-hydrogen) atoms. The molecule has 1 N–H and O–H groups in total. The molecule has 0 saturated carbocycles. The molecule has 7 nitrogen and oxygen atoms in total. The smallest absolute Gasteiger partial charge is 0.417 e. The highest BCUT2D eigenvalue weighted by atomic mass is 35.5. The summed E-state index contributed by atoms with van der Waals surface area (Å²) in [5, 5.41) is 7.26. The molecule has 4 rings (SSSR count). The van der Waals surface area contributed by atoms with Gasteiger partial charge in [0.15, 0.2) is 0 Å². The molecule has 1 unspecified atom stereocenters. The molecule has 1 aliphatic heterocycles. The van der Waals surface area contributed by atoms with Crippen LogP contribution in [0.25, 0.3) is 0 Å². The van der Waals surface area contributed by atoms with Gasteiger partial charge < -0.3 is 4.74 Å². The van der Waals surface area contributed by atoms with Crippen molar-refractivity contribution >= 4 is 50.8 Å². The quantitative estimate of drug-likeness (QED) is 0.378. The number of halogens is 6. The lowest BCUT2D eigenvalue weighted by Crippen LogP contribution is -2.20. The van der Waals surface area contributed by atoms with Gasteiger partial charge in [-0.2, -0.15) is 23.4 Å². The van der Waals surface area contributed by atoms with Crippen molar-refractivity contribution in [2.24, 2.45) is 10.2 Å². The largest absolute Gasteiger partial charge is 0.496 e. The van der Waals surface area contributed by atoms with E-state index < -0.39 is 43.4 Å². The molecule has 188 valence electrons. The second-order valence-corrected chi connectivity index (χ2v) is 9.93. The zero-order chi connectivity index (χ0) is 26.3. The number of aromatic nitrogens is 1. The fourth-order valence-corrected chi connectivity index (χ4v) is 4.94. The predicted molar refractivity (Wildman–Crippen MR) is 127 cm³/mol. The Hall–Kier alpha value is -3.22. The molecule has 0 spiro atoms. The van der Waals surface area contributed by atoms with Crippen molar-refractivity contribution in [3.05, 3.63) is 81.3 Å². The molecular weight excluding hydrogens is 547 g/mol. The van der Waals surface area contributed by atoms with Crippen LogP contribution in [0.5, 0.6) is 5.75 Å². The SMILES string of the molecule is COc1ccc(F)cc1C1C=NN=C1c1ncc(Cl)cc1NS(=O)(=O)c1ccc(Cl)c(C(F)(F)F)c1. The minimum absolute atomic E-state index is 0.0261. The molecule has 1 atom stereocenters. The molecule has 14 heteroatoms. The Kier molecular flexibility index (Phi) is 6.95. The van der Waals surface area contributed by atoms with Crippen molar-refractivity contribution in [2.75, 3.05) is 11.8 Å². The predicted octanol–water partition coefficient (Wildman–Crippen LogP) is 5.93. The molecule has 0 amide bonds. The lowest BCUT2D eigenvalue weighted by molar-refractivity contribution is -0.137. The van der Waals surface area contributed by atoms with Gasteiger partial charge in [0, 0.05) is 18.0 Å². The monoisotopic (exact) mass is 560 g/mol. The van der Waals surface area contributed by atoms with Gasteiger partial charge in [-0.05, 0) is 42.5 Å². The van der Waals surface area contributed by atoms with Crippen LogP contribution in [0, 0.1) is 5.82 Å². The van der Waals surface area contributed by atoms with E-state index in [2.05, 4.69) is 19.9 Å². The van der Waals surface area contributed by atoms with E-state index in [9.17, 15) is 26.0 Å². The second kappa shape index (κ2) is 9.68. The molecule has 3 aromatic rings. The van der Waals surface area contributed by atoms with Crippen LogP contribution in [0.2, 0.25) is 10.0 Å². The van der Waals surface area contributed by atoms with E-state index in [1.54, 1.807) is 0 Å². The van der Waals surface area contributed by atoms with E-state index >= 15 is 0 Å². The van der Waals surface area contributed by atoms with Gasteiger partial charge in [0.25, 0.3) is 10.0 Å². The van der Waals surface area contributed by atoms with Crippen molar-refractivity contribution in [3.63, 3.8) is 0 Å². The highest BCUT2D eigenvalue weighted by Crippen LogP contribution is 2.37. The minimum atomic E-state index is -4.88. The van der Waals surface area contributed by atoms with Crippen LogP contribution < -0.4 is 9.46 Å². The maximum Gasteiger partial charge on any atom is 0.417 e. The average molecular weight is 561 g/mol. The summed E-state index contributed by atoms with van der Waals surface area (Å²) in [4.78, 5) is 3.46. The molecule has 0 fully saturated rings. The van der Waals surface area contributed by atoms with Gasteiger partial charge in [-0.25, -0.2) is 12.8 Å². The molecule has 1 aromatic heterocycles. The van der Waals surface area contributed by atoms with Crippen LogP contribution in [0.15, 0.2) is 63.8 Å². The number of ether oxygens (including phenoxy) is 1. The molecule has 1 aliphatic rings. The molecule has 0 saturated heterocycles. The van der Waals surface area contributed by atoms with Gasteiger partial charge in [-0.1, -0.05) is 23.2 Å². The summed E-state index contributed by atoms with van der Waals surface area (Å²) in [6.45, 7) is 0. The number of hydrogen-bond donors (Lipinski definition) is 1. The summed E-state index contributed by atoms with van der Waals surface area (Å²) >= 11 is 11.6. The number of alkyl halides is 3. The summed E-state index contributed by atoms with van der Waals surface area (Å²) < 4.78 is 87.4. The summed E-state index contributed by atoms with van der Waals surface area (Å²) in [6.07, 6.45) is -2.27. The lowest BCUT2D eigenvalue weighted by atomic mass is 9.92. The topological polar surface area (TPSA) is 93.0 Å². The zero-order valence-electron chi connectivity index (χ0n) is 18.0. The third-order valence-corrected chi connectivity index (χ3v) is 7.00. The van der Waals surface area contributed by atoms with Gasteiger partial charge in [0.1, 0.15) is 23.0 Å². The van der Waals surface area contributed by atoms with E-state index in [4.69, 9.17) is 27.9 Å². The number of hydrogen-bond acceptors (Lipinski definition) is 6. The van der Waals surface area contributed by atoms with Crippen LogP contribution in [-0.4, -0.2) is 32.4 Å². The van der Waals surface area contributed by atoms with Gasteiger partial charge in [-0.3, -0.25) is 9.71 Å². The van der Waals surface area contributed by atoms with Crippen molar-refractivity contribution in [3.8, 4) is 5.75 Å². The molecule has 0 aliphatic carbocycles. The average Bonchev–Trinajstić information content (AvgIpc) is 3.27. The molecule has 0 radical (unpaired) electrons. The Morgan fingerprint density at radius 2 is 1.83 bits per heavy atom. The molecular formula is C22H14Cl2F4N4O3S. The summed E-state index contributed by atoms with van der Waals surface area (Å²) in [7, 11) is -3.18. The molecule has 2 aromatic carbocycles. The van der Waals surface area contributed by atoms with Crippen molar-refractivity contribution in [1.29, 1.82) is 0 Å². The summed E-state index contributed by atoms with van der Waals surface area (Å²) in [5.41, 5.74) is -1.06. The number of pyridine rings is 1. The minimum Gasteiger partial charge on any atom is -0.496 e. The van der Waals surface area contributed by atoms with E-state index in [0.717, 1.165) is 12.1 Å².